The van der Waals surface area contributed by atoms with E-state index in [9.17, 15) is 14.9 Å². The number of pyridine rings is 1. The van der Waals surface area contributed by atoms with Gasteiger partial charge in [0.25, 0.3) is 5.69 Å². The van der Waals surface area contributed by atoms with Gasteiger partial charge in [-0.15, -0.1) is 0 Å². The molecular weight excluding hydrogens is 256 g/mol. The number of carbonyl (C=O) groups is 1. The van der Waals surface area contributed by atoms with Crippen molar-refractivity contribution in [3.05, 3.63) is 32.5 Å². The quantitative estimate of drug-likeness (QED) is 0.655. The monoisotopic (exact) mass is 260 g/mol. The highest BCUT2D eigenvalue weighted by Crippen LogP contribution is 2.27. The Balaban J connectivity index is 3.21. The lowest BCUT2D eigenvalue weighted by atomic mass is 10.2. The summed E-state index contributed by atoms with van der Waals surface area (Å²) in [7, 11) is 0. The third-order valence-corrected chi connectivity index (χ3v) is 2.05. The van der Waals surface area contributed by atoms with Crippen LogP contribution in [-0.2, 0) is 11.2 Å². The molecule has 0 amide bonds. The molecule has 0 bridgehead atoms. The molecular formula is C7H5BrN2O4. The van der Waals surface area contributed by atoms with Gasteiger partial charge < -0.3 is 5.11 Å². The molecule has 1 N–H and O–H groups in total. The molecule has 0 saturated heterocycles. The molecule has 0 aromatic carbocycles. The van der Waals surface area contributed by atoms with E-state index in [2.05, 4.69) is 20.9 Å². The van der Waals surface area contributed by atoms with Crippen LogP contribution < -0.4 is 0 Å². The summed E-state index contributed by atoms with van der Waals surface area (Å²) in [6, 6.07) is 0. The number of nitro groups is 1. The Kier molecular flexibility index (Phi) is 3.13. The van der Waals surface area contributed by atoms with Gasteiger partial charge in [-0.05, 0) is 15.9 Å². The fraction of sp³-hybridized carbons (Fsp3) is 0.143. The molecule has 14 heavy (non-hydrogen) atoms. The number of rotatable bonds is 3. The molecule has 6 nitrogen and oxygen atoms in total. The zero-order chi connectivity index (χ0) is 10.7. The van der Waals surface area contributed by atoms with Gasteiger partial charge in [0.15, 0.2) is 0 Å². The van der Waals surface area contributed by atoms with Crippen LogP contribution in [0, 0.1) is 10.1 Å². The molecule has 0 aliphatic heterocycles. The Morgan fingerprint density at radius 3 is 2.79 bits per heavy atom. The normalized spacial score (nSPS) is 9.79. The summed E-state index contributed by atoms with van der Waals surface area (Å²) < 4.78 is 0.182. The maximum atomic E-state index is 10.6. The molecule has 1 heterocycles. The summed E-state index contributed by atoms with van der Waals surface area (Å²) in [6.45, 7) is 0. The van der Waals surface area contributed by atoms with Gasteiger partial charge >= 0.3 is 5.97 Å². The van der Waals surface area contributed by atoms with Crippen molar-refractivity contribution in [1.82, 2.24) is 4.98 Å². The van der Waals surface area contributed by atoms with Crippen molar-refractivity contribution in [2.75, 3.05) is 0 Å². The number of aliphatic carboxylic acids is 1. The summed E-state index contributed by atoms with van der Waals surface area (Å²) in [5.41, 5.74) is -0.167. The number of carboxylic acid groups (broad SMARTS) is 1. The predicted molar refractivity (Wildman–Crippen MR) is 49.9 cm³/mol. The van der Waals surface area contributed by atoms with E-state index in [0.717, 1.165) is 0 Å². The highest BCUT2D eigenvalue weighted by molar-refractivity contribution is 9.10. The number of hydrogen-bond acceptors (Lipinski definition) is 4. The van der Waals surface area contributed by atoms with Gasteiger partial charge in [-0.2, -0.15) is 0 Å². The largest absolute Gasteiger partial charge is 0.481 e. The Bertz CT molecular complexity index is 393. The van der Waals surface area contributed by atoms with Crippen LogP contribution in [-0.4, -0.2) is 21.0 Å². The number of hydrogen-bond donors (Lipinski definition) is 1. The second-order valence-corrected chi connectivity index (χ2v) is 3.31. The molecule has 0 aliphatic carbocycles. The fourth-order valence-electron chi connectivity index (χ4n) is 0.965. The first kappa shape index (κ1) is 10.6. The van der Waals surface area contributed by atoms with Crippen LogP contribution in [0.2, 0.25) is 0 Å². The minimum atomic E-state index is -1.13. The molecule has 74 valence electrons. The van der Waals surface area contributed by atoms with Crippen LogP contribution in [0.5, 0.6) is 0 Å². The SMILES string of the molecule is O=C(O)Cc1cncc(Br)c1[N+](=O)[O-]. The van der Waals surface area contributed by atoms with E-state index in [0.29, 0.717) is 0 Å². The van der Waals surface area contributed by atoms with E-state index in [4.69, 9.17) is 5.11 Å². The lowest BCUT2D eigenvalue weighted by molar-refractivity contribution is -0.386. The van der Waals surface area contributed by atoms with Crippen molar-refractivity contribution in [3.63, 3.8) is 0 Å². The molecule has 0 spiro atoms. The lowest BCUT2D eigenvalue weighted by Crippen LogP contribution is -2.04. The number of nitrogens with zero attached hydrogens (tertiary/aromatic N) is 2. The third kappa shape index (κ3) is 2.25. The van der Waals surface area contributed by atoms with Crippen LogP contribution in [0.1, 0.15) is 5.56 Å². The second kappa shape index (κ2) is 4.14. The van der Waals surface area contributed by atoms with Gasteiger partial charge in [0, 0.05) is 12.4 Å². The molecule has 7 heteroatoms. The minimum absolute atomic E-state index is 0.0804. The Labute approximate surface area is 86.9 Å². The van der Waals surface area contributed by atoms with Crippen molar-refractivity contribution in [2.24, 2.45) is 0 Å². The first-order chi connectivity index (χ1) is 6.52. The van der Waals surface area contributed by atoms with Crippen molar-refractivity contribution in [2.45, 2.75) is 6.42 Å². The summed E-state index contributed by atoms with van der Waals surface area (Å²) in [6.07, 6.45) is 2.02. The summed E-state index contributed by atoms with van der Waals surface area (Å²) in [5, 5.41) is 19.1. The zero-order valence-corrected chi connectivity index (χ0v) is 8.39. The van der Waals surface area contributed by atoms with Gasteiger partial charge in [-0.1, -0.05) is 0 Å². The molecule has 0 radical (unpaired) electrons. The maximum absolute atomic E-state index is 10.6. The van der Waals surface area contributed by atoms with E-state index < -0.39 is 17.3 Å². The Hall–Kier alpha value is -1.50. The van der Waals surface area contributed by atoms with E-state index in [1.165, 1.54) is 12.4 Å². The Morgan fingerprint density at radius 2 is 2.29 bits per heavy atom. The summed E-state index contributed by atoms with van der Waals surface area (Å²) in [4.78, 5) is 24.0. The van der Waals surface area contributed by atoms with Gasteiger partial charge in [-0.3, -0.25) is 19.9 Å². The van der Waals surface area contributed by atoms with Crippen LogP contribution in [0.4, 0.5) is 5.69 Å². The lowest BCUT2D eigenvalue weighted by Gasteiger charge is -2.00. The van der Waals surface area contributed by atoms with Crippen LogP contribution in [0.25, 0.3) is 0 Å². The fourth-order valence-corrected chi connectivity index (χ4v) is 1.48. The van der Waals surface area contributed by atoms with Crippen molar-refractivity contribution in [1.29, 1.82) is 0 Å². The first-order valence-corrected chi connectivity index (χ1v) is 4.30. The smallest absolute Gasteiger partial charge is 0.308 e. The van der Waals surface area contributed by atoms with E-state index in [1.807, 2.05) is 0 Å². The first-order valence-electron chi connectivity index (χ1n) is 3.51. The van der Waals surface area contributed by atoms with Gasteiger partial charge in [0.1, 0.15) is 4.47 Å². The van der Waals surface area contributed by atoms with Gasteiger partial charge in [-0.25, -0.2) is 0 Å². The highest BCUT2D eigenvalue weighted by atomic mass is 79.9. The third-order valence-electron chi connectivity index (χ3n) is 1.47. The van der Waals surface area contributed by atoms with Crippen LogP contribution >= 0.6 is 15.9 Å². The molecule has 0 unspecified atom stereocenters. The number of aromatic nitrogens is 1. The second-order valence-electron chi connectivity index (χ2n) is 2.46. The van der Waals surface area contributed by atoms with E-state index >= 15 is 0 Å². The molecule has 1 aromatic heterocycles. The topological polar surface area (TPSA) is 93.3 Å². The minimum Gasteiger partial charge on any atom is -0.481 e. The average molecular weight is 261 g/mol. The summed E-state index contributed by atoms with van der Waals surface area (Å²) >= 11 is 2.94. The van der Waals surface area contributed by atoms with Crippen molar-refractivity contribution < 1.29 is 14.8 Å². The van der Waals surface area contributed by atoms with Crippen molar-refractivity contribution in [3.8, 4) is 0 Å². The molecule has 1 rings (SSSR count). The van der Waals surface area contributed by atoms with Gasteiger partial charge in [0.05, 0.1) is 16.9 Å². The van der Waals surface area contributed by atoms with Crippen LogP contribution in [0.15, 0.2) is 16.9 Å². The predicted octanol–water partition coefficient (Wildman–Crippen LogP) is 1.38. The zero-order valence-electron chi connectivity index (χ0n) is 6.81. The number of carboxylic acids is 1. The standard InChI is InChI=1S/C7H5BrN2O4/c8-5-3-9-2-4(1-6(11)12)7(5)10(13)14/h2-3H,1H2,(H,11,12). The summed E-state index contributed by atoms with van der Waals surface area (Å²) in [5.74, 6) is -1.13. The molecule has 1 aromatic rings. The molecule has 0 aliphatic rings. The highest BCUT2D eigenvalue weighted by Gasteiger charge is 2.20. The Morgan fingerprint density at radius 1 is 1.64 bits per heavy atom. The van der Waals surface area contributed by atoms with Crippen LogP contribution in [0.3, 0.4) is 0 Å². The van der Waals surface area contributed by atoms with E-state index in [-0.39, 0.29) is 15.7 Å². The van der Waals surface area contributed by atoms with Crippen molar-refractivity contribution >= 4 is 27.6 Å². The molecule has 0 saturated carbocycles. The van der Waals surface area contributed by atoms with E-state index in [1.54, 1.807) is 0 Å². The molecule has 0 atom stereocenters. The number of halogens is 1. The van der Waals surface area contributed by atoms with Gasteiger partial charge in [0.2, 0.25) is 0 Å². The maximum Gasteiger partial charge on any atom is 0.308 e. The average Bonchev–Trinajstić information content (AvgIpc) is 2.01. The molecule has 0 fully saturated rings.